The molecule has 0 radical (unpaired) electrons. The van der Waals surface area contributed by atoms with Gasteiger partial charge < -0.3 is 14.6 Å². The molecule has 1 N–H and O–H groups in total. The Hall–Kier alpha value is -1.92. The summed E-state index contributed by atoms with van der Waals surface area (Å²) in [4.78, 5) is 18.4. The van der Waals surface area contributed by atoms with Crippen LogP contribution in [-0.2, 0) is 16.1 Å². The summed E-state index contributed by atoms with van der Waals surface area (Å²) in [5, 5.41) is 3.73. The van der Waals surface area contributed by atoms with E-state index in [1.165, 1.54) is 12.6 Å². The highest BCUT2D eigenvalue weighted by molar-refractivity contribution is 5.76. The van der Waals surface area contributed by atoms with Crippen LogP contribution in [0.5, 0.6) is 0 Å². The number of hydrogen-bond acceptors (Lipinski definition) is 5. The molecule has 0 spiro atoms. The summed E-state index contributed by atoms with van der Waals surface area (Å²) < 4.78 is 7.04. The highest BCUT2D eigenvalue weighted by atomic mass is 16.5. The van der Waals surface area contributed by atoms with Crippen molar-refractivity contribution in [1.29, 1.82) is 0 Å². The molecule has 6 heteroatoms. The number of methoxy groups -OCH3 is 1. The molecule has 1 aliphatic rings. The minimum absolute atomic E-state index is 0.156. The van der Waals surface area contributed by atoms with E-state index in [9.17, 15) is 4.79 Å². The normalized spacial score (nSPS) is 17.7. The highest BCUT2D eigenvalue weighted by Crippen LogP contribution is 2.22. The van der Waals surface area contributed by atoms with Gasteiger partial charge in [-0.15, -0.1) is 0 Å². The van der Waals surface area contributed by atoms with Gasteiger partial charge in [0.05, 0.1) is 30.7 Å². The van der Waals surface area contributed by atoms with Gasteiger partial charge in [0.25, 0.3) is 0 Å². The van der Waals surface area contributed by atoms with Crippen molar-refractivity contribution in [3.05, 3.63) is 30.1 Å². The van der Waals surface area contributed by atoms with Crippen molar-refractivity contribution in [2.75, 3.05) is 26.7 Å². The first-order valence-electron chi connectivity index (χ1n) is 9.12. The quantitative estimate of drug-likeness (QED) is 0.815. The first kappa shape index (κ1) is 17.9. The van der Waals surface area contributed by atoms with E-state index in [2.05, 4.69) is 46.8 Å². The van der Waals surface area contributed by atoms with Crippen LogP contribution in [-0.4, -0.2) is 53.2 Å². The molecule has 2 heterocycles. The van der Waals surface area contributed by atoms with Crippen LogP contribution in [0.2, 0.25) is 0 Å². The van der Waals surface area contributed by atoms with Crippen LogP contribution in [0.15, 0.2) is 24.3 Å². The molecule has 0 aliphatic carbocycles. The molecular formula is C19H28N4O2. The maximum atomic E-state index is 11.4. The van der Waals surface area contributed by atoms with Gasteiger partial charge >= 0.3 is 5.97 Å². The van der Waals surface area contributed by atoms with Crippen LogP contribution in [0.1, 0.15) is 38.6 Å². The van der Waals surface area contributed by atoms with Crippen LogP contribution in [0.25, 0.3) is 11.0 Å². The van der Waals surface area contributed by atoms with E-state index >= 15 is 0 Å². The van der Waals surface area contributed by atoms with E-state index in [1.807, 2.05) is 6.07 Å². The predicted molar refractivity (Wildman–Crippen MR) is 98.4 cm³/mol. The molecule has 0 unspecified atom stereocenters. The first-order chi connectivity index (χ1) is 12.1. The monoisotopic (exact) mass is 344 g/mol. The summed E-state index contributed by atoms with van der Waals surface area (Å²) in [5.74, 6) is 0.942. The number of piperidine rings is 1. The average molecular weight is 344 g/mol. The number of fused-ring (bicyclic) bond motifs is 1. The number of esters is 1. The largest absolute Gasteiger partial charge is 0.468 e. The molecule has 1 atom stereocenters. The minimum Gasteiger partial charge on any atom is -0.468 e. The Labute approximate surface area is 149 Å². The van der Waals surface area contributed by atoms with Gasteiger partial charge in [-0.05, 0) is 38.8 Å². The number of nitrogens with one attached hydrogen (secondary N) is 1. The number of hydrogen-bond donors (Lipinski definition) is 1. The number of aryl methyl sites for hydroxylation is 1. The molecule has 0 amide bonds. The zero-order valence-electron chi connectivity index (χ0n) is 15.4. The summed E-state index contributed by atoms with van der Waals surface area (Å²) in [6, 6.07) is 8.96. The average Bonchev–Trinajstić information content (AvgIpc) is 3.02. The zero-order valence-corrected chi connectivity index (χ0v) is 15.4. The van der Waals surface area contributed by atoms with Gasteiger partial charge in [0.15, 0.2) is 0 Å². The second kappa shape index (κ2) is 7.97. The molecule has 0 bridgehead atoms. The van der Waals surface area contributed by atoms with Gasteiger partial charge in [-0.1, -0.05) is 12.1 Å². The third-order valence-electron chi connectivity index (χ3n) is 5.04. The van der Waals surface area contributed by atoms with Crippen molar-refractivity contribution >= 4 is 17.0 Å². The number of likely N-dealkylation sites (tertiary alicyclic amines) is 1. The number of nitrogens with zero attached hydrogens (tertiary/aromatic N) is 3. The highest BCUT2D eigenvalue weighted by Gasteiger charge is 2.24. The van der Waals surface area contributed by atoms with Gasteiger partial charge in [-0.2, -0.15) is 0 Å². The van der Waals surface area contributed by atoms with Gasteiger partial charge in [-0.3, -0.25) is 9.69 Å². The Morgan fingerprint density at radius 1 is 1.36 bits per heavy atom. The van der Waals surface area contributed by atoms with Crippen LogP contribution in [0.4, 0.5) is 0 Å². The second-order valence-electron chi connectivity index (χ2n) is 6.72. The number of imidazole rings is 1. The maximum absolute atomic E-state index is 11.4. The number of carbonyl (C=O) groups excluding carboxylic acids is 1. The lowest BCUT2D eigenvalue weighted by Crippen LogP contribution is -2.45. The number of aromatic nitrogens is 2. The Morgan fingerprint density at radius 3 is 2.76 bits per heavy atom. The molecule has 1 fully saturated rings. The van der Waals surface area contributed by atoms with E-state index < -0.39 is 0 Å². The third kappa shape index (κ3) is 4.02. The SMILES string of the molecule is CCn1c([C@H](C)NC2CCN(CC(=O)OC)CC2)nc2ccccc21. The maximum Gasteiger partial charge on any atom is 0.319 e. The van der Waals surface area contributed by atoms with Crippen molar-refractivity contribution < 1.29 is 9.53 Å². The Kier molecular flexibility index (Phi) is 5.71. The van der Waals surface area contributed by atoms with Crippen molar-refractivity contribution in [2.45, 2.75) is 45.3 Å². The van der Waals surface area contributed by atoms with Gasteiger partial charge in [0.1, 0.15) is 5.82 Å². The number of para-hydroxylation sites is 2. The van der Waals surface area contributed by atoms with Crippen molar-refractivity contribution in [3.63, 3.8) is 0 Å². The number of rotatable bonds is 6. The number of ether oxygens (including phenoxy) is 1. The Morgan fingerprint density at radius 2 is 2.08 bits per heavy atom. The van der Waals surface area contributed by atoms with E-state index in [1.54, 1.807) is 0 Å². The summed E-state index contributed by atoms with van der Waals surface area (Å²) in [6.07, 6.45) is 2.07. The smallest absolute Gasteiger partial charge is 0.319 e. The molecule has 2 aromatic rings. The predicted octanol–water partition coefficient (Wildman–Crippen LogP) is 2.34. The molecule has 25 heavy (non-hydrogen) atoms. The molecular weight excluding hydrogens is 316 g/mol. The number of carbonyl (C=O) groups is 1. The molecule has 1 saturated heterocycles. The first-order valence-corrected chi connectivity index (χ1v) is 9.12. The van der Waals surface area contributed by atoms with Crippen LogP contribution < -0.4 is 5.32 Å². The van der Waals surface area contributed by atoms with Crippen molar-refractivity contribution in [2.24, 2.45) is 0 Å². The lowest BCUT2D eigenvalue weighted by Gasteiger charge is -2.33. The second-order valence-corrected chi connectivity index (χ2v) is 6.72. The summed E-state index contributed by atoms with van der Waals surface area (Å²) in [7, 11) is 1.44. The third-order valence-corrected chi connectivity index (χ3v) is 5.04. The summed E-state index contributed by atoms with van der Waals surface area (Å²) >= 11 is 0. The van der Waals surface area contributed by atoms with E-state index in [4.69, 9.17) is 9.72 Å². The standard InChI is InChI=1S/C19H28N4O2/c1-4-23-17-8-6-5-7-16(17)21-19(23)14(2)20-15-9-11-22(12-10-15)13-18(24)25-3/h5-8,14-15,20H,4,9-13H2,1-3H3/t14-/m0/s1. The molecule has 3 rings (SSSR count). The molecule has 1 aromatic heterocycles. The van der Waals surface area contributed by atoms with Crippen LogP contribution >= 0.6 is 0 Å². The number of benzene rings is 1. The molecule has 1 aromatic carbocycles. The van der Waals surface area contributed by atoms with E-state index in [-0.39, 0.29) is 12.0 Å². The molecule has 1 aliphatic heterocycles. The summed E-state index contributed by atoms with van der Waals surface area (Å²) in [5.41, 5.74) is 2.25. The van der Waals surface area contributed by atoms with Crippen molar-refractivity contribution in [3.8, 4) is 0 Å². The Balaban J connectivity index is 1.62. The van der Waals surface area contributed by atoms with Gasteiger partial charge in [0, 0.05) is 25.7 Å². The van der Waals surface area contributed by atoms with Crippen LogP contribution in [0.3, 0.4) is 0 Å². The van der Waals surface area contributed by atoms with Gasteiger partial charge in [-0.25, -0.2) is 4.98 Å². The fraction of sp³-hybridized carbons (Fsp3) is 0.579. The lowest BCUT2D eigenvalue weighted by molar-refractivity contribution is -0.142. The fourth-order valence-electron chi connectivity index (χ4n) is 3.69. The lowest BCUT2D eigenvalue weighted by atomic mass is 10.0. The van der Waals surface area contributed by atoms with Crippen molar-refractivity contribution in [1.82, 2.24) is 19.8 Å². The summed E-state index contributed by atoms with van der Waals surface area (Å²) in [6.45, 7) is 7.50. The Bertz CT molecular complexity index is 719. The van der Waals surface area contributed by atoms with Gasteiger partial charge in [0.2, 0.25) is 0 Å². The molecule has 0 saturated carbocycles. The van der Waals surface area contributed by atoms with E-state index in [0.29, 0.717) is 12.6 Å². The minimum atomic E-state index is -0.156. The molecule has 6 nitrogen and oxygen atoms in total. The fourth-order valence-corrected chi connectivity index (χ4v) is 3.69. The van der Waals surface area contributed by atoms with Crippen LogP contribution in [0, 0.1) is 0 Å². The topological polar surface area (TPSA) is 59.4 Å². The zero-order chi connectivity index (χ0) is 17.8. The van der Waals surface area contributed by atoms with E-state index in [0.717, 1.165) is 43.8 Å². The molecule has 136 valence electrons.